The number of esters is 1. The maximum absolute atomic E-state index is 12.0. The van der Waals surface area contributed by atoms with E-state index in [1.165, 1.54) is 11.8 Å². The second kappa shape index (κ2) is 11.3. The van der Waals surface area contributed by atoms with E-state index in [4.69, 9.17) is 4.74 Å². The van der Waals surface area contributed by atoms with E-state index >= 15 is 0 Å². The Labute approximate surface area is 123 Å². The van der Waals surface area contributed by atoms with E-state index in [-0.39, 0.29) is 17.6 Å². The number of unbranched alkanes of at least 4 members (excludes halogenated alkanes) is 2. The summed E-state index contributed by atoms with van der Waals surface area (Å²) in [5.74, 6) is 0.354. The lowest BCUT2D eigenvalue weighted by Gasteiger charge is -2.15. The molecule has 0 spiro atoms. The van der Waals surface area contributed by atoms with Gasteiger partial charge in [0, 0.05) is 6.42 Å². The summed E-state index contributed by atoms with van der Waals surface area (Å²) in [5, 5.41) is -0.229. The average molecular weight is 314 g/mol. The topological polar surface area (TPSA) is 26.3 Å². The van der Waals surface area contributed by atoms with Crippen LogP contribution in [0.15, 0.2) is 0 Å². The third-order valence-corrected chi connectivity index (χ3v) is 4.06. The third kappa shape index (κ3) is 11.4. The van der Waals surface area contributed by atoms with Crippen molar-refractivity contribution in [3.63, 3.8) is 0 Å². The predicted octanol–water partition coefficient (Wildman–Crippen LogP) is 4.96. The van der Waals surface area contributed by atoms with Gasteiger partial charge in [0.1, 0.15) is 5.25 Å². The Morgan fingerprint density at radius 3 is 2.40 bits per heavy atom. The summed E-state index contributed by atoms with van der Waals surface area (Å²) >= 11 is 1.43. The molecule has 0 rings (SSSR count). The largest absolute Gasteiger partial charge is 0.465 e. The lowest BCUT2D eigenvalue weighted by Crippen LogP contribution is -2.21. The molecule has 0 aromatic heterocycles. The minimum Gasteiger partial charge on any atom is -0.465 e. The van der Waals surface area contributed by atoms with Crippen LogP contribution in [0.25, 0.3) is 0 Å². The SMILES string of the molecule is CCCCC(SCCCCC(F)(F)F)C(=O)OCCC. The highest BCUT2D eigenvalue weighted by Crippen LogP contribution is 2.25. The van der Waals surface area contributed by atoms with Crippen molar-refractivity contribution >= 4 is 17.7 Å². The number of halogens is 3. The van der Waals surface area contributed by atoms with Crippen molar-refractivity contribution in [2.45, 2.75) is 70.2 Å². The first-order chi connectivity index (χ1) is 9.40. The monoisotopic (exact) mass is 314 g/mol. The fraction of sp³-hybridized carbons (Fsp3) is 0.929. The van der Waals surface area contributed by atoms with E-state index in [1.807, 2.05) is 13.8 Å². The minimum atomic E-state index is -4.08. The summed E-state index contributed by atoms with van der Waals surface area (Å²) in [6, 6.07) is 0. The van der Waals surface area contributed by atoms with Gasteiger partial charge in [-0.25, -0.2) is 0 Å². The van der Waals surface area contributed by atoms with Crippen molar-refractivity contribution in [3.05, 3.63) is 0 Å². The fourth-order valence-corrected chi connectivity index (χ4v) is 2.80. The van der Waals surface area contributed by atoms with Crippen molar-refractivity contribution < 1.29 is 22.7 Å². The number of carbonyl (C=O) groups excluding carboxylic acids is 1. The van der Waals surface area contributed by atoms with Crippen LogP contribution in [0.3, 0.4) is 0 Å². The molecule has 0 aliphatic carbocycles. The van der Waals surface area contributed by atoms with E-state index in [0.29, 0.717) is 18.8 Å². The smallest absolute Gasteiger partial charge is 0.389 e. The molecule has 120 valence electrons. The average Bonchev–Trinajstić information content (AvgIpc) is 2.37. The van der Waals surface area contributed by atoms with Crippen LogP contribution in [0.5, 0.6) is 0 Å². The molecule has 0 aromatic carbocycles. The summed E-state index contributed by atoms with van der Waals surface area (Å²) in [4.78, 5) is 11.8. The summed E-state index contributed by atoms with van der Waals surface area (Å²) in [7, 11) is 0. The summed E-state index contributed by atoms with van der Waals surface area (Å²) in [5.41, 5.74) is 0. The summed E-state index contributed by atoms with van der Waals surface area (Å²) < 4.78 is 41.1. The Kier molecular flexibility index (Phi) is 11.1. The first kappa shape index (κ1) is 19.6. The van der Waals surface area contributed by atoms with Gasteiger partial charge >= 0.3 is 12.1 Å². The normalized spacial score (nSPS) is 13.2. The second-order valence-electron chi connectivity index (χ2n) is 4.74. The van der Waals surface area contributed by atoms with Crippen LogP contribution in [0.4, 0.5) is 13.2 Å². The maximum atomic E-state index is 12.0. The molecule has 0 aliphatic heterocycles. The first-order valence-electron chi connectivity index (χ1n) is 7.25. The quantitative estimate of drug-likeness (QED) is 0.398. The van der Waals surface area contributed by atoms with Crippen molar-refractivity contribution in [2.24, 2.45) is 0 Å². The zero-order valence-corrected chi connectivity index (χ0v) is 13.1. The summed E-state index contributed by atoms with van der Waals surface area (Å²) in [6.07, 6.45) is -0.770. The Bertz CT molecular complexity index is 257. The van der Waals surface area contributed by atoms with Crippen LogP contribution < -0.4 is 0 Å². The number of thioether (sulfide) groups is 1. The van der Waals surface area contributed by atoms with E-state index < -0.39 is 12.6 Å². The fourth-order valence-electron chi connectivity index (χ4n) is 1.61. The highest BCUT2D eigenvalue weighted by Gasteiger charge is 2.26. The van der Waals surface area contributed by atoms with E-state index in [0.717, 1.165) is 25.7 Å². The number of carbonyl (C=O) groups is 1. The second-order valence-corrected chi connectivity index (χ2v) is 6.05. The Balaban J connectivity index is 3.94. The molecule has 2 nitrogen and oxygen atoms in total. The van der Waals surface area contributed by atoms with Crippen LogP contribution in [0, 0.1) is 0 Å². The first-order valence-corrected chi connectivity index (χ1v) is 8.30. The van der Waals surface area contributed by atoms with Crippen LogP contribution in [0.1, 0.15) is 58.8 Å². The van der Waals surface area contributed by atoms with E-state index in [2.05, 4.69) is 0 Å². The van der Waals surface area contributed by atoms with Crippen molar-refractivity contribution in [2.75, 3.05) is 12.4 Å². The molecule has 0 aliphatic rings. The summed E-state index contributed by atoms with van der Waals surface area (Å²) in [6.45, 7) is 4.39. The van der Waals surface area contributed by atoms with Crippen LogP contribution in [-0.2, 0) is 9.53 Å². The van der Waals surface area contributed by atoms with Crippen molar-refractivity contribution in [1.29, 1.82) is 0 Å². The van der Waals surface area contributed by atoms with Crippen LogP contribution >= 0.6 is 11.8 Å². The number of alkyl halides is 3. The predicted molar refractivity (Wildman–Crippen MR) is 76.9 cm³/mol. The minimum absolute atomic E-state index is 0.126. The number of ether oxygens (including phenoxy) is 1. The molecule has 0 N–H and O–H groups in total. The van der Waals surface area contributed by atoms with Gasteiger partial charge in [0.2, 0.25) is 0 Å². The number of hydrogen-bond donors (Lipinski definition) is 0. The molecule has 6 heteroatoms. The van der Waals surface area contributed by atoms with Gasteiger partial charge in [-0.05, 0) is 31.4 Å². The molecular weight excluding hydrogens is 289 g/mol. The lowest BCUT2D eigenvalue weighted by molar-refractivity contribution is -0.143. The van der Waals surface area contributed by atoms with Gasteiger partial charge in [-0.15, -0.1) is 11.8 Å². The number of rotatable bonds is 11. The highest BCUT2D eigenvalue weighted by molar-refractivity contribution is 8.00. The molecule has 0 aromatic rings. The molecule has 1 unspecified atom stereocenters. The van der Waals surface area contributed by atoms with Gasteiger partial charge in [0.15, 0.2) is 0 Å². The Morgan fingerprint density at radius 2 is 1.85 bits per heavy atom. The van der Waals surface area contributed by atoms with E-state index in [1.54, 1.807) is 0 Å². The van der Waals surface area contributed by atoms with Gasteiger partial charge in [-0.2, -0.15) is 13.2 Å². The van der Waals surface area contributed by atoms with Gasteiger partial charge in [0.05, 0.1) is 6.61 Å². The van der Waals surface area contributed by atoms with Gasteiger partial charge in [0.25, 0.3) is 0 Å². The maximum Gasteiger partial charge on any atom is 0.389 e. The van der Waals surface area contributed by atoms with Gasteiger partial charge in [-0.1, -0.05) is 26.7 Å². The lowest BCUT2D eigenvalue weighted by atomic mass is 10.2. The Hall–Kier alpha value is -0.390. The van der Waals surface area contributed by atoms with Gasteiger partial charge in [-0.3, -0.25) is 4.79 Å². The van der Waals surface area contributed by atoms with Crippen LogP contribution in [0.2, 0.25) is 0 Å². The molecule has 0 saturated heterocycles. The Morgan fingerprint density at radius 1 is 1.15 bits per heavy atom. The van der Waals surface area contributed by atoms with Crippen molar-refractivity contribution in [3.8, 4) is 0 Å². The van der Waals surface area contributed by atoms with Crippen molar-refractivity contribution in [1.82, 2.24) is 0 Å². The molecule has 20 heavy (non-hydrogen) atoms. The van der Waals surface area contributed by atoms with Crippen LogP contribution in [-0.4, -0.2) is 29.8 Å². The molecule has 0 amide bonds. The molecule has 1 atom stereocenters. The standard InChI is InChI=1S/C14H25F3O2S/c1-3-5-8-12(13(18)19-10-4-2)20-11-7-6-9-14(15,16)17/h12H,3-11H2,1-2H3. The highest BCUT2D eigenvalue weighted by atomic mass is 32.2. The molecule has 0 radical (unpaired) electrons. The molecule has 0 saturated carbocycles. The molecule has 0 bridgehead atoms. The number of hydrogen-bond acceptors (Lipinski definition) is 3. The zero-order chi connectivity index (χ0) is 15.4. The van der Waals surface area contributed by atoms with E-state index in [9.17, 15) is 18.0 Å². The molecule has 0 heterocycles. The van der Waals surface area contributed by atoms with Gasteiger partial charge < -0.3 is 4.74 Å². The molecule has 0 fully saturated rings. The molecular formula is C14H25F3O2S. The third-order valence-electron chi connectivity index (χ3n) is 2.70. The zero-order valence-electron chi connectivity index (χ0n) is 12.3.